The minimum atomic E-state index is -1.01. The van der Waals surface area contributed by atoms with Crippen LogP contribution in [0.4, 0.5) is 0 Å². The molecule has 0 aromatic heterocycles. The minimum absolute atomic E-state index is 0. The van der Waals surface area contributed by atoms with Crippen molar-refractivity contribution in [1.82, 2.24) is 0 Å². The van der Waals surface area contributed by atoms with Crippen molar-refractivity contribution in [2.24, 2.45) is 0 Å². The molecule has 2 aromatic carbocycles. The molecule has 10 atom stereocenters. The van der Waals surface area contributed by atoms with Gasteiger partial charge in [-0.25, -0.2) is 0 Å². The van der Waals surface area contributed by atoms with Crippen LogP contribution >= 0.6 is 0 Å². The van der Waals surface area contributed by atoms with Gasteiger partial charge in [0, 0.05) is 33.3 Å². The second kappa shape index (κ2) is 20.7. The maximum Gasteiger partial charge on any atom is 0.186 e. The monoisotopic (exact) mass is 888 g/mol. The van der Waals surface area contributed by atoms with E-state index in [1.54, 1.807) is 76.2 Å². The van der Waals surface area contributed by atoms with Crippen LogP contribution in [0.1, 0.15) is 90.0 Å². The van der Waals surface area contributed by atoms with Crippen molar-refractivity contribution in [2.75, 3.05) is 13.2 Å². The summed E-state index contributed by atoms with van der Waals surface area (Å²) in [6.45, 7) is 17.8. The second-order valence-corrected chi connectivity index (χ2v) is 16.8. The Kier molecular flexibility index (Phi) is 17.2. The summed E-state index contributed by atoms with van der Waals surface area (Å²) in [5.41, 5.74) is 1.10. The molecule has 336 valence electrons. The summed E-state index contributed by atoms with van der Waals surface area (Å²) in [6.07, 6.45) is -4.07. The molecule has 0 bridgehead atoms. The summed E-state index contributed by atoms with van der Waals surface area (Å²) in [6, 6.07) is 17.4. The van der Waals surface area contributed by atoms with Gasteiger partial charge in [0.1, 0.15) is 24.4 Å². The van der Waals surface area contributed by atoms with Gasteiger partial charge in [-0.15, -0.1) is 48.2 Å². The van der Waals surface area contributed by atoms with Crippen LogP contribution in [-0.2, 0) is 78.7 Å². The third-order valence-corrected chi connectivity index (χ3v) is 9.63. The number of carbonyl (C=O) groups is 4. The Balaban J connectivity index is 0.000000182. The summed E-state index contributed by atoms with van der Waals surface area (Å²) in [4.78, 5) is 43.5. The smallest absolute Gasteiger partial charge is 0.186 e. The number of fused-ring (bicyclic) bond motifs is 2. The van der Waals surface area contributed by atoms with Crippen LogP contribution in [0.2, 0.25) is 0 Å². The predicted octanol–water partition coefficient (Wildman–Crippen LogP) is 2.81. The zero-order chi connectivity index (χ0) is 44.2. The SMILES string of the molecule is CC(=O)[CH-]C(=O)c1ccccc1.CC(=O)[CH-]C(=O)c1ccccc1.CC1(C)OCC(C2OC3OC(C)(C)OC3C2[O-])O1.CC1(C)OCC(C2OC3OC(C)(C)OC3C2[O-])O1.[Ti]. The fraction of sp³-hybridized carbons (Fsp3) is 0.591. The van der Waals surface area contributed by atoms with Crippen molar-refractivity contribution in [3.05, 3.63) is 84.6 Å². The van der Waals surface area contributed by atoms with Gasteiger partial charge in [-0.2, -0.15) is 0 Å². The predicted molar refractivity (Wildman–Crippen MR) is 206 cm³/mol. The summed E-state index contributed by atoms with van der Waals surface area (Å²) in [5.74, 6) is -3.73. The van der Waals surface area contributed by atoms with Crippen LogP contribution in [0.3, 0.4) is 0 Å². The van der Waals surface area contributed by atoms with Gasteiger partial charge in [0.05, 0.1) is 37.0 Å². The van der Waals surface area contributed by atoms with Crippen LogP contribution in [-0.4, -0.2) is 121 Å². The van der Waals surface area contributed by atoms with E-state index in [2.05, 4.69) is 0 Å². The van der Waals surface area contributed by atoms with Crippen molar-refractivity contribution >= 4 is 23.1 Å². The first-order chi connectivity index (χ1) is 27.9. The first-order valence-corrected chi connectivity index (χ1v) is 19.8. The molecule has 17 heteroatoms. The number of benzene rings is 2. The molecule has 2 aromatic rings. The topological polar surface area (TPSA) is 207 Å². The van der Waals surface area contributed by atoms with E-state index in [1.807, 2.05) is 39.8 Å². The molecule has 0 N–H and O–H groups in total. The van der Waals surface area contributed by atoms with Crippen molar-refractivity contribution in [3.8, 4) is 0 Å². The largest absolute Gasteiger partial charge is 0.848 e. The van der Waals surface area contributed by atoms with E-state index in [9.17, 15) is 29.4 Å². The zero-order valence-electron chi connectivity index (χ0n) is 36.1. The molecule has 6 fully saturated rings. The molecule has 0 radical (unpaired) electrons. The van der Waals surface area contributed by atoms with Crippen molar-refractivity contribution < 1.29 is 98.5 Å². The average Bonchev–Trinajstić information content (AvgIpc) is 3.98. The van der Waals surface area contributed by atoms with Crippen LogP contribution in [0.5, 0.6) is 0 Å². The summed E-state index contributed by atoms with van der Waals surface area (Å²) in [7, 11) is 0. The average molecular weight is 889 g/mol. The fourth-order valence-electron chi connectivity index (χ4n) is 7.10. The maximum atomic E-state index is 12.3. The Hall–Kier alpha value is -2.91. The summed E-state index contributed by atoms with van der Waals surface area (Å²) < 4.78 is 55.8. The Morgan fingerprint density at radius 3 is 1.10 bits per heavy atom. The zero-order valence-corrected chi connectivity index (χ0v) is 37.7. The van der Waals surface area contributed by atoms with Crippen LogP contribution in [0, 0.1) is 12.8 Å². The number of Topliss-reactive ketones (excluding diaryl/α,β-unsaturated/α-hetero) is 4. The molecule has 8 rings (SSSR count). The Bertz CT molecular complexity index is 1660. The number of hydrogen-bond acceptors (Lipinski definition) is 16. The molecular weight excluding hydrogens is 832 g/mol. The van der Waals surface area contributed by atoms with Crippen LogP contribution < -0.4 is 10.2 Å². The quantitative estimate of drug-likeness (QED) is 0.162. The molecule has 10 unspecified atom stereocenters. The van der Waals surface area contributed by atoms with Crippen molar-refractivity contribution in [3.63, 3.8) is 0 Å². The van der Waals surface area contributed by atoms with Gasteiger partial charge in [-0.3, -0.25) is 0 Å². The van der Waals surface area contributed by atoms with Crippen molar-refractivity contribution in [1.29, 1.82) is 0 Å². The molecule has 6 saturated heterocycles. The number of hydrogen-bond donors (Lipinski definition) is 0. The number of rotatable bonds is 8. The Labute approximate surface area is 372 Å². The molecule has 0 saturated carbocycles. The first kappa shape index (κ1) is 50.7. The van der Waals surface area contributed by atoms with Gasteiger partial charge >= 0.3 is 0 Å². The van der Waals surface area contributed by atoms with E-state index in [1.165, 1.54) is 13.8 Å². The van der Waals surface area contributed by atoms with E-state index < -0.39 is 72.4 Å². The number of carbonyl (C=O) groups excluding carboxylic acids is 4. The van der Waals surface area contributed by atoms with Crippen LogP contribution in [0.25, 0.3) is 0 Å². The number of ketones is 4. The van der Waals surface area contributed by atoms with E-state index in [4.69, 9.17) is 47.4 Å². The molecule has 0 spiro atoms. The van der Waals surface area contributed by atoms with E-state index >= 15 is 0 Å². The summed E-state index contributed by atoms with van der Waals surface area (Å²) >= 11 is 0. The first-order valence-electron chi connectivity index (χ1n) is 19.8. The molecular formula is C44H56O16Ti-4. The molecule has 6 aliphatic heterocycles. The Morgan fingerprint density at radius 2 is 0.836 bits per heavy atom. The van der Waals surface area contributed by atoms with Gasteiger partial charge < -0.3 is 76.8 Å². The standard InChI is InChI=1S/2C12H19O6.2C10H9O2.Ti/c2*1-11(2)14-5-6(16-11)8-7(13)9-10(15-8)18-12(3,4)17-9;2*1-8(11)7-10(12)9-5-3-2-4-6-9;/h2*6-10H,5H2,1-4H3;2*2-7H,1H3;/q4*-1;. The van der Waals surface area contributed by atoms with Gasteiger partial charge in [-0.1, -0.05) is 48.6 Å². The Morgan fingerprint density at radius 1 is 0.508 bits per heavy atom. The van der Waals surface area contributed by atoms with Crippen LogP contribution in [0.15, 0.2) is 60.7 Å². The maximum absolute atomic E-state index is 12.3. The molecule has 6 heterocycles. The van der Waals surface area contributed by atoms with Crippen molar-refractivity contribution in [2.45, 2.75) is 154 Å². The normalized spacial score (nSPS) is 32.8. The fourth-order valence-corrected chi connectivity index (χ4v) is 7.10. The van der Waals surface area contributed by atoms with Gasteiger partial charge in [0.15, 0.2) is 35.7 Å². The van der Waals surface area contributed by atoms with E-state index in [-0.39, 0.29) is 57.1 Å². The molecule has 0 aliphatic carbocycles. The third-order valence-electron chi connectivity index (χ3n) is 9.63. The van der Waals surface area contributed by atoms with E-state index in [0.717, 1.165) is 12.8 Å². The van der Waals surface area contributed by atoms with Gasteiger partial charge in [0.25, 0.3) is 0 Å². The van der Waals surface area contributed by atoms with Gasteiger partial charge in [-0.05, 0) is 69.2 Å². The second-order valence-electron chi connectivity index (χ2n) is 16.8. The van der Waals surface area contributed by atoms with E-state index in [0.29, 0.717) is 24.3 Å². The molecule has 61 heavy (non-hydrogen) atoms. The summed E-state index contributed by atoms with van der Waals surface area (Å²) in [5, 5.41) is 24.6. The van der Waals surface area contributed by atoms with Gasteiger partial charge in [0.2, 0.25) is 0 Å². The molecule has 16 nitrogen and oxygen atoms in total. The third kappa shape index (κ3) is 14.0. The number of ether oxygens (including phenoxy) is 10. The molecule has 0 amide bonds. The molecule has 6 aliphatic rings. The minimum Gasteiger partial charge on any atom is -0.848 e.